The van der Waals surface area contributed by atoms with Crippen molar-refractivity contribution in [2.24, 2.45) is 0 Å². The van der Waals surface area contributed by atoms with Crippen LogP contribution in [-0.2, 0) is 10.7 Å². The van der Waals surface area contributed by atoms with Crippen molar-refractivity contribution in [1.82, 2.24) is 4.98 Å². The molecule has 0 saturated carbocycles. The highest BCUT2D eigenvalue weighted by Gasteiger charge is 2.25. The van der Waals surface area contributed by atoms with Crippen LogP contribution < -0.4 is 0 Å². The highest BCUT2D eigenvalue weighted by molar-refractivity contribution is 7.86. The molecule has 2 aromatic carbocycles. The van der Waals surface area contributed by atoms with E-state index in [1.165, 1.54) is 0 Å². The lowest BCUT2D eigenvalue weighted by molar-refractivity contribution is -0.384. The van der Waals surface area contributed by atoms with Crippen molar-refractivity contribution >= 4 is 28.0 Å². The van der Waals surface area contributed by atoms with Gasteiger partial charge in [-0.05, 0) is 47.1 Å². The van der Waals surface area contributed by atoms with Gasteiger partial charge >= 0.3 is 0 Å². The maximum Gasteiger partial charge on any atom is 0.298 e. The molecule has 0 spiro atoms. The lowest BCUT2D eigenvalue weighted by Gasteiger charge is -2.11. The van der Waals surface area contributed by atoms with Gasteiger partial charge in [0.15, 0.2) is 0 Å². The van der Waals surface area contributed by atoms with Crippen molar-refractivity contribution in [3.05, 3.63) is 82.0 Å². The summed E-state index contributed by atoms with van der Waals surface area (Å²) < 4.78 is 8.41. The topological polar surface area (TPSA) is 79.9 Å². The van der Waals surface area contributed by atoms with E-state index in [-0.39, 0.29) is 10.7 Å². The first kappa shape index (κ1) is 16.3. The first-order valence-corrected chi connectivity index (χ1v) is 8.58. The quantitative estimate of drug-likeness (QED) is 0.520. The summed E-state index contributed by atoms with van der Waals surface area (Å²) in [7, 11) is -1.11. The molecule has 0 aliphatic carbocycles. The second-order valence-electron chi connectivity index (χ2n) is 4.87. The Kier molecular flexibility index (Phi) is 4.69. The normalized spacial score (nSPS) is 11.9. The molecule has 24 heavy (non-hydrogen) atoms. The number of pyridine rings is 1. The summed E-state index contributed by atoms with van der Waals surface area (Å²) in [5, 5.41) is 11.6. The molecule has 0 aliphatic rings. The number of nitro benzene ring substituents is 1. The Labute approximate surface area is 146 Å². The molecule has 3 aromatic rings. The summed E-state index contributed by atoms with van der Waals surface area (Å²) in [6, 6.07) is 17.6. The van der Waals surface area contributed by atoms with Crippen LogP contribution in [0.2, 0.25) is 5.02 Å². The van der Waals surface area contributed by atoms with E-state index in [4.69, 9.17) is 16.4 Å². The van der Waals surface area contributed by atoms with Crippen molar-refractivity contribution < 1.29 is 4.92 Å². The standard InChI is InChI=1S/C17H12ClN3O2S/c18-16-15(24(19)12-6-2-1-3-7-12)10-9-13(17(16)21(22)23)14-8-4-5-11-20-14/h1-11,19H. The maximum absolute atomic E-state index is 11.6. The van der Waals surface area contributed by atoms with E-state index in [0.717, 1.165) is 4.90 Å². The van der Waals surface area contributed by atoms with Crippen LogP contribution in [0.5, 0.6) is 0 Å². The zero-order chi connectivity index (χ0) is 17.1. The SMILES string of the molecule is N=S(c1ccccc1)c1ccc(-c2ccccn2)c([N+](=O)[O-])c1Cl. The Balaban J connectivity index is 2.17. The molecular formula is C17H12ClN3O2S. The third-order valence-corrected chi connectivity index (χ3v) is 5.42. The minimum Gasteiger partial charge on any atom is -0.271 e. The zero-order valence-electron chi connectivity index (χ0n) is 12.3. The van der Waals surface area contributed by atoms with Gasteiger partial charge < -0.3 is 0 Å². The van der Waals surface area contributed by atoms with Crippen molar-refractivity contribution in [3.8, 4) is 11.3 Å². The fraction of sp³-hybridized carbons (Fsp3) is 0. The fourth-order valence-electron chi connectivity index (χ4n) is 2.29. The lowest BCUT2D eigenvalue weighted by atomic mass is 10.1. The number of benzene rings is 2. The molecule has 0 fully saturated rings. The Morgan fingerprint density at radius 3 is 2.38 bits per heavy atom. The molecule has 0 amide bonds. The summed E-state index contributed by atoms with van der Waals surface area (Å²) in [4.78, 5) is 16.4. The average molecular weight is 358 g/mol. The number of nitrogens with zero attached hydrogens (tertiary/aromatic N) is 2. The monoisotopic (exact) mass is 357 g/mol. The first-order valence-electron chi connectivity index (χ1n) is 6.98. The van der Waals surface area contributed by atoms with E-state index in [0.29, 0.717) is 16.2 Å². The van der Waals surface area contributed by atoms with Gasteiger partial charge in [0, 0.05) is 16.0 Å². The number of aromatic nitrogens is 1. The third kappa shape index (κ3) is 3.06. The molecule has 0 aliphatic heterocycles. The average Bonchev–Trinajstić information content (AvgIpc) is 2.62. The largest absolute Gasteiger partial charge is 0.298 e. The van der Waals surface area contributed by atoms with Crippen LogP contribution in [0.25, 0.3) is 11.3 Å². The Morgan fingerprint density at radius 1 is 1.04 bits per heavy atom. The molecule has 0 radical (unpaired) electrons. The summed E-state index contributed by atoms with van der Waals surface area (Å²) >= 11 is 6.32. The predicted octanol–water partition coefficient (Wildman–Crippen LogP) is 5.11. The zero-order valence-corrected chi connectivity index (χ0v) is 13.9. The van der Waals surface area contributed by atoms with Gasteiger partial charge in [-0.1, -0.05) is 35.9 Å². The Hall–Kier alpha value is -2.57. The van der Waals surface area contributed by atoms with Crippen LogP contribution in [0.15, 0.2) is 76.7 Å². The second kappa shape index (κ2) is 6.90. The van der Waals surface area contributed by atoms with Crippen molar-refractivity contribution in [2.75, 3.05) is 0 Å². The van der Waals surface area contributed by atoms with E-state index in [1.54, 1.807) is 36.5 Å². The summed E-state index contributed by atoms with van der Waals surface area (Å²) in [5.74, 6) is 0. The number of halogens is 1. The van der Waals surface area contributed by atoms with Gasteiger partial charge in [-0.3, -0.25) is 19.9 Å². The van der Waals surface area contributed by atoms with E-state index in [2.05, 4.69) is 4.98 Å². The molecule has 5 nitrogen and oxygen atoms in total. The Morgan fingerprint density at radius 2 is 1.75 bits per heavy atom. The first-order chi connectivity index (χ1) is 11.6. The highest BCUT2D eigenvalue weighted by atomic mass is 35.5. The smallest absolute Gasteiger partial charge is 0.271 e. The van der Waals surface area contributed by atoms with E-state index < -0.39 is 15.6 Å². The van der Waals surface area contributed by atoms with Crippen LogP contribution in [0.3, 0.4) is 0 Å². The Bertz CT molecular complexity index is 918. The van der Waals surface area contributed by atoms with Gasteiger partial charge in [0.1, 0.15) is 5.02 Å². The number of nitrogens with one attached hydrogen (secondary N) is 1. The van der Waals surface area contributed by atoms with Gasteiger partial charge in [0.05, 0.1) is 16.2 Å². The van der Waals surface area contributed by atoms with Gasteiger partial charge in [-0.15, -0.1) is 0 Å². The van der Waals surface area contributed by atoms with Gasteiger partial charge in [-0.25, -0.2) is 0 Å². The van der Waals surface area contributed by atoms with Crippen molar-refractivity contribution in [3.63, 3.8) is 0 Å². The number of rotatable bonds is 4. The molecule has 1 heterocycles. The van der Waals surface area contributed by atoms with Crippen LogP contribution in [0.1, 0.15) is 0 Å². The summed E-state index contributed by atoms with van der Waals surface area (Å²) in [6.07, 6.45) is 1.57. The highest BCUT2D eigenvalue weighted by Crippen LogP contribution is 2.39. The van der Waals surface area contributed by atoms with Crippen LogP contribution in [0, 0.1) is 14.9 Å². The van der Waals surface area contributed by atoms with E-state index in [1.807, 2.05) is 30.3 Å². The van der Waals surface area contributed by atoms with Gasteiger partial charge in [0.25, 0.3) is 5.69 Å². The minimum absolute atomic E-state index is 0.00894. The second-order valence-corrected chi connectivity index (χ2v) is 6.77. The van der Waals surface area contributed by atoms with E-state index in [9.17, 15) is 10.1 Å². The summed E-state index contributed by atoms with van der Waals surface area (Å²) in [6.45, 7) is 0. The molecular weight excluding hydrogens is 346 g/mol. The number of nitro groups is 1. The van der Waals surface area contributed by atoms with Crippen LogP contribution in [0.4, 0.5) is 5.69 Å². The van der Waals surface area contributed by atoms with Crippen LogP contribution in [-0.4, -0.2) is 9.91 Å². The molecule has 1 unspecified atom stereocenters. The molecule has 7 heteroatoms. The number of hydrogen-bond acceptors (Lipinski definition) is 4. The van der Waals surface area contributed by atoms with Crippen molar-refractivity contribution in [2.45, 2.75) is 9.79 Å². The molecule has 1 N–H and O–H groups in total. The molecule has 3 rings (SSSR count). The van der Waals surface area contributed by atoms with Gasteiger partial charge in [0.2, 0.25) is 0 Å². The summed E-state index contributed by atoms with van der Waals surface area (Å²) in [5.41, 5.74) is 0.607. The number of hydrogen-bond donors (Lipinski definition) is 1. The molecule has 120 valence electrons. The third-order valence-electron chi connectivity index (χ3n) is 3.40. The fourth-order valence-corrected chi connectivity index (χ4v) is 3.92. The van der Waals surface area contributed by atoms with Gasteiger partial charge in [-0.2, -0.15) is 0 Å². The van der Waals surface area contributed by atoms with Crippen LogP contribution >= 0.6 is 11.6 Å². The minimum atomic E-state index is -1.11. The lowest BCUT2D eigenvalue weighted by Crippen LogP contribution is -1.99. The predicted molar refractivity (Wildman–Crippen MR) is 94.4 cm³/mol. The molecule has 1 atom stereocenters. The van der Waals surface area contributed by atoms with Crippen molar-refractivity contribution in [1.29, 1.82) is 4.78 Å². The molecule has 0 saturated heterocycles. The maximum atomic E-state index is 11.6. The molecule has 0 bridgehead atoms. The van der Waals surface area contributed by atoms with E-state index >= 15 is 0 Å². The molecule has 1 aromatic heterocycles.